The molecule has 0 fully saturated rings. The first-order valence-corrected chi connectivity index (χ1v) is 9.17. The summed E-state index contributed by atoms with van der Waals surface area (Å²) in [6.07, 6.45) is 0. The number of halogens is 2. The molecule has 0 aromatic heterocycles. The summed E-state index contributed by atoms with van der Waals surface area (Å²) in [5, 5.41) is 0.499. The van der Waals surface area contributed by atoms with Crippen LogP contribution in [0.3, 0.4) is 0 Å². The van der Waals surface area contributed by atoms with Gasteiger partial charge < -0.3 is 4.74 Å². The number of rotatable bonds is 5. The van der Waals surface area contributed by atoms with Crippen molar-refractivity contribution >= 4 is 43.5 Å². The van der Waals surface area contributed by atoms with Gasteiger partial charge in [-0.05, 0) is 58.4 Å². The second kappa shape index (κ2) is 7.62. The Morgan fingerprint density at radius 3 is 2.33 bits per heavy atom. The number of benzene rings is 2. The minimum Gasteiger partial charge on any atom is -0.422 e. The van der Waals surface area contributed by atoms with Gasteiger partial charge in [-0.1, -0.05) is 16.1 Å². The quantitative estimate of drug-likeness (QED) is 0.409. The zero-order valence-corrected chi connectivity index (χ0v) is 15.9. The van der Waals surface area contributed by atoms with Crippen molar-refractivity contribution in [3.63, 3.8) is 0 Å². The Kier molecular flexibility index (Phi) is 6.00. The summed E-state index contributed by atoms with van der Waals surface area (Å²) in [7, 11) is -1.25. The molecule has 0 saturated heterocycles. The number of ether oxygens (including phenoxy) is 1. The smallest absolute Gasteiger partial charge is 0.343 e. The summed E-state index contributed by atoms with van der Waals surface area (Å²) in [4.78, 5) is 16.8. The molecule has 128 valence electrons. The highest BCUT2D eigenvalue weighted by Gasteiger charge is 2.21. The summed E-state index contributed by atoms with van der Waals surface area (Å²) in [6.45, 7) is 0. The van der Waals surface area contributed by atoms with Crippen LogP contribution in [0, 0.1) is 0 Å². The summed E-state index contributed by atoms with van der Waals surface area (Å²) < 4.78 is 30.7. The lowest BCUT2D eigenvalue weighted by atomic mass is 10.2. The topological polar surface area (TPSA) is 72.9 Å². The predicted molar refractivity (Wildman–Crippen MR) is 92.5 cm³/mol. The van der Waals surface area contributed by atoms with Gasteiger partial charge in [-0.15, -0.1) is 0 Å². The fraction of sp³-hybridized carbons (Fsp3) is 0.133. The first kappa shape index (κ1) is 18.9. The second-order valence-electron chi connectivity index (χ2n) is 4.59. The van der Waals surface area contributed by atoms with Crippen LogP contribution in [-0.2, 0) is 14.9 Å². The van der Waals surface area contributed by atoms with Gasteiger partial charge in [0.2, 0.25) is 0 Å². The fourth-order valence-electron chi connectivity index (χ4n) is 1.73. The van der Waals surface area contributed by atoms with Crippen LogP contribution < -0.4 is 4.74 Å². The molecule has 0 atom stereocenters. The summed E-state index contributed by atoms with van der Waals surface area (Å²) in [5.41, 5.74) is 0.205. The van der Waals surface area contributed by atoms with Gasteiger partial charge in [-0.3, -0.25) is 4.84 Å². The minimum atomic E-state index is -3.77. The SMILES string of the molecule is CON(C)S(=O)(=O)c1ccc(C(=O)Oc2ccc(Cl)cc2Br)cc1. The van der Waals surface area contributed by atoms with Crippen molar-refractivity contribution in [2.24, 2.45) is 0 Å². The molecule has 0 aliphatic carbocycles. The molecule has 0 aliphatic rings. The van der Waals surface area contributed by atoms with E-state index in [0.29, 0.717) is 15.2 Å². The lowest BCUT2D eigenvalue weighted by molar-refractivity contribution is -0.0258. The highest BCUT2D eigenvalue weighted by molar-refractivity contribution is 9.10. The number of carbonyl (C=O) groups is 1. The van der Waals surface area contributed by atoms with Crippen molar-refractivity contribution in [2.45, 2.75) is 4.90 Å². The summed E-state index contributed by atoms with van der Waals surface area (Å²) in [6, 6.07) is 10.1. The van der Waals surface area contributed by atoms with Crippen molar-refractivity contribution in [1.29, 1.82) is 0 Å². The van der Waals surface area contributed by atoms with E-state index in [2.05, 4.69) is 20.8 Å². The Morgan fingerprint density at radius 1 is 1.17 bits per heavy atom. The molecular formula is C15H13BrClNO5S. The van der Waals surface area contributed by atoms with E-state index in [9.17, 15) is 13.2 Å². The summed E-state index contributed by atoms with van der Waals surface area (Å²) >= 11 is 9.08. The van der Waals surface area contributed by atoms with E-state index >= 15 is 0 Å². The monoisotopic (exact) mass is 433 g/mol. The third-order valence-corrected chi connectivity index (χ3v) is 5.63. The number of hydrogen-bond donors (Lipinski definition) is 0. The van der Waals surface area contributed by atoms with Crippen LogP contribution >= 0.6 is 27.5 Å². The first-order chi connectivity index (χ1) is 11.3. The highest BCUT2D eigenvalue weighted by Crippen LogP contribution is 2.28. The molecule has 0 heterocycles. The van der Waals surface area contributed by atoms with E-state index in [-0.39, 0.29) is 10.5 Å². The van der Waals surface area contributed by atoms with Crippen LogP contribution in [0.15, 0.2) is 51.8 Å². The normalized spacial score (nSPS) is 11.5. The van der Waals surface area contributed by atoms with Gasteiger partial charge in [-0.2, -0.15) is 0 Å². The van der Waals surface area contributed by atoms with Crippen LogP contribution in [0.25, 0.3) is 0 Å². The number of hydrogen-bond acceptors (Lipinski definition) is 5. The molecule has 24 heavy (non-hydrogen) atoms. The van der Waals surface area contributed by atoms with Crippen molar-refractivity contribution in [3.05, 3.63) is 57.5 Å². The Hall–Kier alpha value is -1.45. The molecule has 0 bridgehead atoms. The molecule has 9 heteroatoms. The van der Waals surface area contributed by atoms with E-state index in [1.807, 2.05) is 0 Å². The highest BCUT2D eigenvalue weighted by atomic mass is 79.9. The largest absolute Gasteiger partial charge is 0.422 e. The van der Waals surface area contributed by atoms with Crippen molar-refractivity contribution < 1.29 is 22.8 Å². The Bertz CT molecular complexity index is 855. The molecule has 2 aromatic rings. The third-order valence-electron chi connectivity index (χ3n) is 3.08. The minimum absolute atomic E-state index is 0.00364. The maximum absolute atomic E-state index is 12.1. The molecular weight excluding hydrogens is 422 g/mol. The van der Waals surface area contributed by atoms with Crippen molar-refractivity contribution in [2.75, 3.05) is 14.2 Å². The lowest BCUT2D eigenvalue weighted by Gasteiger charge is -2.14. The van der Waals surface area contributed by atoms with E-state index in [1.54, 1.807) is 18.2 Å². The number of nitrogens with zero attached hydrogens (tertiary/aromatic N) is 1. The molecule has 0 radical (unpaired) electrons. The molecule has 6 nitrogen and oxygen atoms in total. The van der Waals surface area contributed by atoms with Crippen LogP contribution in [0.2, 0.25) is 5.02 Å². The predicted octanol–water partition coefficient (Wildman–Crippen LogP) is 3.50. The van der Waals surface area contributed by atoms with Crippen LogP contribution in [0.1, 0.15) is 10.4 Å². The zero-order chi connectivity index (χ0) is 17.9. The maximum atomic E-state index is 12.1. The van der Waals surface area contributed by atoms with Gasteiger partial charge in [0.25, 0.3) is 10.0 Å². The van der Waals surface area contributed by atoms with E-state index in [0.717, 1.165) is 4.47 Å². The van der Waals surface area contributed by atoms with Gasteiger partial charge in [-0.25, -0.2) is 13.2 Å². The molecule has 2 rings (SSSR count). The van der Waals surface area contributed by atoms with Gasteiger partial charge in [0, 0.05) is 12.1 Å². The zero-order valence-electron chi connectivity index (χ0n) is 12.7. The standard InChI is InChI=1S/C15H13BrClNO5S/c1-18(22-2)24(20,21)12-6-3-10(4-7-12)15(19)23-14-8-5-11(17)9-13(14)16/h3-9H,1-2H3. The molecule has 0 saturated carbocycles. The molecule has 0 N–H and O–H groups in total. The van der Waals surface area contributed by atoms with Crippen LogP contribution in [-0.4, -0.2) is 33.0 Å². The van der Waals surface area contributed by atoms with E-state index < -0.39 is 16.0 Å². The molecule has 0 unspecified atom stereocenters. The first-order valence-electron chi connectivity index (χ1n) is 6.56. The van der Waals surface area contributed by atoms with Gasteiger partial charge in [0.05, 0.1) is 22.0 Å². The lowest BCUT2D eigenvalue weighted by Crippen LogP contribution is -2.25. The average molecular weight is 435 g/mol. The van der Waals surface area contributed by atoms with Crippen molar-refractivity contribution in [3.8, 4) is 5.75 Å². The third kappa shape index (κ3) is 4.14. The van der Waals surface area contributed by atoms with Gasteiger partial charge >= 0.3 is 5.97 Å². The Morgan fingerprint density at radius 2 is 1.79 bits per heavy atom. The molecule has 0 amide bonds. The van der Waals surface area contributed by atoms with Crippen LogP contribution in [0.4, 0.5) is 0 Å². The molecule has 0 spiro atoms. The van der Waals surface area contributed by atoms with Gasteiger partial charge in [0.1, 0.15) is 5.75 Å². The summed E-state index contributed by atoms with van der Waals surface area (Å²) in [5.74, 6) is -0.317. The Balaban J connectivity index is 2.20. The van der Waals surface area contributed by atoms with Crippen molar-refractivity contribution in [1.82, 2.24) is 4.47 Å². The van der Waals surface area contributed by atoms with E-state index in [4.69, 9.17) is 16.3 Å². The number of hydroxylamine groups is 1. The number of esters is 1. The Labute approximate surface area is 153 Å². The van der Waals surface area contributed by atoms with E-state index in [1.165, 1.54) is 38.4 Å². The number of carbonyl (C=O) groups excluding carboxylic acids is 1. The maximum Gasteiger partial charge on any atom is 0.343 e. The average Bonchev–Trinajstić information content (AvgIpc) is 2.56. The fourth-order valence-corrected chi connectivity index (χ4v) is 3.46. The molecule has 2 aromatic carbocycles. The number of sulfonamides is 1. The molecule has 0 aliphatic heterocycles. The second-order valence-corrected chi connectivity index (χ2v) is 7.81. The van der Waals surface area contributed by atoms with Crippen LogP contribution in [0.5, 0.6) is 5.75 Å². The van der Waals surface area contributed by atoms with Gasteiger partial charge in [0.15, 0.2) is 0 Å².